The van der Waals surface area contributed by atoms with Crippen LogP contribution in [0, 0.1) is 0 Å². The van der Waals surface area contributed by atoms with Gasteiger partial charge in [0.05, 0.1) is 18.1 Å². The third kappa shape index (κ3) is 21.4. The summed E-state index contributed by atoms with van der Waals surface area (Å²) >= 11 is 0. The van der Waals surface area contributed by atoms with E-state index < -0.39 is 38.9 Å². The van der Waals surface area contributed by atoms with Crippen molar-refractivity contribution in [3.05, 3.63) is 29.8 Å². The van der Waals surface area contributed by atoms with Gasteiger partial charge in [-0.05, 0) is 43.5 Å². The molecular weight excluding hydrogens is 606 g/mol. The lowest BCUT2D eigenvalue weighted by Crippen LogP contribution is -2.42. The minimum absolute atomic E-state index is 0.00644. The topological polar surface area (TPSA) is 139 Å². The molecule has 0 saturated heterocycles. The van der Waals surface area contributed by atoms with E-state index in [2.05, 4.69) is 19.2 Å². The van der Waals surface area contributed by atoms with Crippen LogP contribution >= 0.6 is 0 Å². The van der Waals surface area contributed by atoms with Crippen LogP contribution in [0.3, 0.4) is 0 Å². The predicted octanol–water partition coefficient (Wildman–Crippen LogP) is 8.40. The van der Waals surface area contributed by atoms with Crippen molar-refractivity contribution in [2.45, 2.75) is 166 Å². The molecule has 46 heavy (non-hydrogen) atoms. The van der Waals surface area contributed by atoms with Crippen LogP contribution in [0.5, 0.6) is 0 Å². The minimum Gasteiger partial charge on any atom is -0.744 e. The lowest BCUT2D eigenvalue weighted by molar-refractivity contribution is -0.147. The fourth-order valence-electron chi connectivity index (χ4n) is 5.24. The monoisotopic (exact) mass is 666 g/mol. The number of ether oxygens (including phenoxy) is 2. The van der Waals surface area contributed by atoms with Gasteiger partial charge in [-0.3, -0.25) is 9.59 Å². The van der Waals surface area contributed by atoms with Crippen molar-refractivity contribution >= 4 is 28.0 Å². The predicted molar refractivity (Wildman–Crippen MR) is 180 cm³/mol. The van der Waals surface area contributed by atoms with Crippen molar-refractivity contribution in [2.75, 3.05) is 13.2 Å². The van der Waals surface area contributed by atoms with Crippen molar-refractivity contribution in [2.24, 2.45) is 0 Å². The summed E-state index contributed by atoms with van der Waals surface area (Å²) in [5.74, 6) is -1.72. The molecular formula is C36H60NO8S-. The van der Waals surface area contributed by atoms with Gasteiger partial charge in [0, 0.05) is 12.0 Å². The molecule has 10 heteroatoms. The van der Waals surface area contributed by atoms with Gasteiger partial charge in [0.25, 0.3) is 5.91 Å². The van der Waals surface area contributed by atoms with Crippen LogP contribution in [-0.2, 0) is 29.2 Å². The Bertz CT molecular complexity index is 1060. The SMILES string of the molecule is CCCCCCCCCCCCOC(=O)CCC(NC(=O)c1ccc(S(=O)(=O)[O-])cc1)C(=O)OCCCCCCCCCCCC. The zero-order valence-electron chi connectivity index (χ0n) is 28.5. The van der Waals surface area contributed by atoms with Crippen molar-refractivity contribution in [1.29, 1.82) is 0 Å². The zero-order chi connectivity index (χ0) is 33.9. The molecule has 0 radical (unpaired) electrons. The lowest BCUT2D eigenvalue weighted by atomic mass is 10.1. The first-order valence-electron chi connectivity index (χ1n) is 17.9. The Morgan fingerprint density at radius 1 is 0.652 bits per heavy atom. The van der Waals surface area contributed by atoms with Gasteiger partial charge in [-0.25, -0.2) is 13.2 Å². The van der Waals surface area contributed by atoms with E-state index in [0.717, 1.165) is 50.7 Å². The summed E-state index contributed by atoms with van der Waals surface area (Å²) in [7, 11) is -4.65. The maximum Gasteiger partial charge on any atom is 0.328 e. The van der Waals surface area contributed by atoms with Gasteiger partial charge in [-0.2, -0.15) is 0 Å². The van der Waals surface area contributed by atoms with E-state index in [-0.39, 0.29) is 25.0 Å². The highest BCUT2D eigenvalue weighted by Gasteiger charge is 2.24. The Kier molecular flexibility index (Phi) is 24.0. The molecule has 0 fully saturated rings. The molecule has 0 aliphatic rings. The molecule has 1 rings (SSSR count). The minimum atomic E-state index is -4.65. The largest absolute Gasteiger partial charge is 0.744 e. The molecule has 1 aromatic carbocycles. The molecule has 0 aliphatic heterocycles. The third-order valence-electron chi connectivity index (χ3n) is 8.14. The number of hydrogen-bond acceptors (Lipinski definition) is 8. The van der Waals surface area contributed by atoms with Gasteiger partial charge in [-0.1, -0.05) is 129 Å². The summed E-state index contributed by atoms with van der Waals surface area (Å²) in [5, 5.41) is 2.60. The van der Waals surface area contributed by atoms with Crippen LogP contribution in [0.1, 0.15) is 165 Å². The molecule has 0 spiro atoms. The number of carbonyl (C=O) groups excluding carboxylic acids is 3. The first kappa shape index (κ1) is 41.6. The quantitative estimate of drug-likeness (QED) is 0.0511. The molecule has 0 bridgehead atoms. The number of unbranched alkanes of at least 4 members (excludes halogenated alkanes) is 18. The van der Waals surface area contributed by atoms with Crippen LogP contribution in [0.2, 0.25) is 0 Å². The average Bonchev–Trinajstić information content (AvgIpc) is 3.03. The first-order chi connectivity index (χ1) is 22.2. The summed E-state index contributed by atoms with van der Waals surface area (Å²) in [6, 6.07) is 3.41. The Labute approximate surface area is 278 Å². The van der Waals surface area contributed by atoms with Crippen molar-refractivity contribution in [3.8, 4) is 0 Å². The number of amides is 1. The van der Waals surface area contributed by atoms with Gasteiger partial charge in [-0.15, -0.1) is 0 Å². The van der Waals surface area contributed by atoms with Gasteiger partial charge in [0.15, 0.2) is 0 Å². The lowest BCUT2D eigenvalue weighted by Gasteiger charge is -2.18. The summed E-state index contributed by atoms with van der Waals surface area (Å²) in [6.45, 7) is 4.98. The Balaban J connectivity index is 2.47. The van der Waals surface area contributed by atoms with E-state index >= 15 is 0 Å². The maximum absolute atomic E-state index is 12.9. The molecule has 1 aromatic rings. The number of rotatable bonds is 29. The second-order valence-electron chi connectivity index (χ2n) is 12.3. The number of esters is 2. The standard InChI is InChI=1S/C36H61NO8S/c1-3-5-7-9-11-13-15-17-19-21-29-44-34(38)28-27-33(37-35(39)31-23-25-32(26-24-31)46(41,42)43)36(40)45-30-22-20-18-16-14-12-10-8-6-4-2/h23-26,33H,3-22,27-30H2,1-2H3,(H,37,39)(H,41,42,43)/p-1. The van der Waals surface area contributed by atoms with E-state index in [1.807, 2.05) is 0 Å². The maximum atomic E-state index is 12.9. The molecule has 0 heterocycles. The van der Waals surface area contributed by atoms with E-state index in [1.54, 1.807) is 0 Å². The smallest absolute Gasteiger partial charge is 0.328 e. The van der Waals surface area contributed by atoms with Gasteiger partial charge < -0.3 is 19.3 Å². The summed E-state index contributed by atoms with van der Waals surface area (Å²) in [4.78, 5) is 37.7. The van der Waals surface area contributed by atoms with Gasteiger partial charge in [0.1, 0.15) is 16.2 Å². The number of hydrogen-bond donors (Lipinski definition) is 1. The second kappa shape index (κ2) is 26.6. The van der Waals surface area contributed by atoms with E-state index in [9.17, 15) is 27.4 Å². The van der Waals surface area contributed by atoms with Crippen LogP contribution in [0.15, 0.2) is 29.2 Å². The van der Waals surface area contributed by atoms with Crippen molar-refractivity contribution in [1.82, 2.24) is 5.32 Å². The number of benzene rings is 1. The van der Waals surface area contributed by atoms with Crippen molar-refractivity contribution < 1.29 is 36.8 Å². The van der Waals surface area contributed by atoms with Crippen LogP contribution in [-0.4, -0.2) is 50.1 Å². The molecule has 1 N–H and O–H groups in total. The number of carbonyl (C=O) groups is 3. The highest BCUT2D eigenvalue weighted by molar-refractivity contribution is 7.85. The van der Waals surface area contributed by atoms with Crippen LogP contribution in [0.4, 0.5) is 0 Å². The summed E-state index contributed by atoms with van der Waals surface area (Å²) in [6.07, 6.45) is 23.2. The molecule has 0 saturated carbocycles. The summed E-state index contributed by atoms with van der Waals surface area (Å²) in [5.41, 5.74) is 0.0726. The molecule has 1 unspecified atom stereocenters. The normalized spacial score (nSPS) is 12.1. The fourth-order valence-corrected chi connectivity index (χ4v) is 5.71. The van der Waals surface area contributed by atoms with E-state index in [4.69, 9.17) is 9.47 Å². The highest BCUT2D eigenvalue weighted by Crippen LogP contribution is 2.14. The van der Waals surface area contributed by atoms with Crippen LogP contribution in [0.25, 0.3) is 0 Å². The molecule has 264 valence electrons. The highest BCUT2D eigenvalue weighted by atomic mass is 32.2. The Hall–Kier alpha value is -2.46. The molecule has 9 nitrogen and oxygen atoms in total. The number of nitrogens with one attached hydrogen (secondary N) is 1. The molecule has 0 aromatic heterocycles. The van der Waals surface area contributed by atoms with E-state index in [1.165, 1.54) is 95.6 Å². The second-order valence-corrected chi connectivity index (χ2v) is 13.7. The van der Waals surface area contributed by atoms with Crippen molar-refractivity contribution in [3.63, 3.8) is 0 Å². The zero-order valence-corrected chi connectivity index (χ0v) is 29.3. The van der Waals surface area contributed by atoms with Gasteiger partial charge in [0.2, 0.25) is 0 Å². The Morgan fingerprint density at radius 3 is 1.50 bits per heavy atom. The Morgan fingerprint density at radius 2 is 1.07 bits per heavy atom. The first-order valence-corrected chi connectivity index (χ1v) is 19.3. The molecule has 0 aliphatic carbocycles. The van der Waals surface area contributed by atoms with E-state index in [0.29, 0.717) is 13.0 Å². The fraction of sp³-hybridized carbons (Fsp3) is 0.750. The van der Waals surface area contributed by atoms with Gasteiger partial charge >= 0.3 is 11.9 Å². The summed E-state index contributed by atoms with van der Waals surface area (Å²) < 4.78 is 44.4. The van der Waals surface area contributed by atoms with Crippen LogP contribution < -0.4 is 5.32 Å². The molecule has 1 atom stereocenters. The average molecular weight is 667 g/mol. The third-order valence-corrected chi connectivity index (χ3v) is 8.98. The molecule has 1 amide bonds.